The summed E-state index contributed by atoms with van der Waals surface area (Å²) in [6, 6.07) is 7.92. The Morgan fingerprint density at radius 1 is 1.21 bits per heavy atom. The third-order valence-electron chi connectivity index (χ3n) is 4.66. The molecule has 150 valence electrons. The first-order chi connectivity index (χ1) is 14.0. The smallest absolute Gasteiger partial charge is 0.293 e. The number of unbranched alkanes of at least 4 members (excludes halogenated alkanes) is 1. The van der Waals surface area contributed by atoms with Crippen LogP contribution in [0, 0.1) is 5.82 Å². The molecule has 3 aromatic rings. The van der Waals surface area contributed by atoms with E-state index in [0.717, 1.165) is 17.5 Å². The third kappa shape index (κ3) is 4.74. The van der Waals surface area contributed by atoms with Gasteiger partial charge in [0.15, 0.2) is 11.9 Å². The van der Waals surface area contributed by atoms with Gasteiger partial charge in [0.05, 0.1) is 11.1 Å². The maximum Gasteiger partial charge on any atom is 0.293 e. The number of aromatic nitrogens is 2. The molecule has 0 bridgehead atoms. The van der Waals surface area contributed by atoms with Crippen LogP contribution in [0.3, 0.4) is 0 Å². The first kappa shape index (κ1) is 20.4. The van der Waals surface area contributed by atoms with Gasteiger partial charge in [0, 0.05) is 12.4 Å². The van der Waals surface area contributed by atoms with Gasteiger partial charge < -0.3 is 9.84 Å². The molecule has 2 aromatic heterocycles. The van der Waals surface area contributed by atoms with Crippen molar-refractivity contribution in [3.05, 3.63) is 65.2 Å². The largest absolute Gasteiger partial charge is 0.505 e. The van der Waals surface area contributed by atoms with Gasteiger partial charge >= 0.3 is 0 Å². The minimum absolute atomic E-state index is 0.0285. The maximum absolute atomic E-state index is 13.0. The van der Waals surface area contributed by atoms with Crippen LogP contribution in [0.25, 0.3) is 11.0 Å². The maximum atomic E-state index is 13.0. The van der Waals surface area contributed by atoms with Crippen LogP contribution in [0.5, 0.6) is 5.75 Å². The van der Waals surface area contributed by atoms with Crippen LogP contribution in [-0.2, 0) is 16.0 Å². The highest BCUT2D eigenvalue weighted by Crippen LogP contribution is 2.28. The van der Waals surface area contributed by atoms with Gasteiger partial charge in [0.2, 0.25) is 5.78 Å². The number of ketones is 1. The molecule has 0 saturated carbocycles. The molecular formula is C22H21FN2O4. The highest BCUT2D eigenvalue weighted by molar-refractivity contribution is 6.05. The average molecular weight is 396 g/mol. The molecule has 29 heavy (non-hydrogen) atoms. The Balaban J connectivity index is 1.88. The Morgan fingerprint density at radius 3 is 2.66 bits per heavy atom. The number of carbonyl (C=O) groups excluding carboxylic acids is 2. The number of halogens is 1. The fraction of sp³-hybridized carbons (Fsp3) is 0.273. The van der Waals surface area contributed by atoms with Crippen molar-refractivity contribution in [2.45, 2.75) is 38.7 Å². The number of carbonyl (C=O) groups is 2. The minimum Gasteiger partial charge on any atom is -0.505 e. The van der Waals surface area contributed by atoms with Crippen molar-refractivity contribution in [3.8, 4) is 5.75 Å². The number of pyridine rings is 2. The lowest BCUT2D eigenvalue weighted by Crippen LogP contribution is -2.24. The van der Waals surface area contributed by atoms with E-state index >= 15 is 0 Å². The first-order valence-corrected chi connectivity index (χ1v) is 9.37. The molecule has 1 atom stereocenters. The summed E-state index contributed by atoms with van der Waals surface area (Å²) in [7, 11) is 0. The summed E-state index contributed by atoms with van der Waals surface area (Å²) in [6.07, 6.45) is 4.33. The number of Topliss-reactive ketones (excluding diaryl/α,β-unsaturated/α-hetero) is 1. The minimum atomic E-state index is -0.963. The SMILES string of the molecule is CCCCC(OC=O)C(=O)c1cnc2cc(Cc3ccc(F)cc3)cnc2c1O. The van der Waals surface area contributed by atoms with Gasteiger partial charge in [0.25, 0.3) is 6.47 Å². The number of rotatable bonds is 9. The molecule has 1 N–H and O–H groups in total. The molecule has 0 fully saturated rings. The highest BCUT2D eigenvalue weighted by Gasteiger charge is 2.25. The van der Waals surface area contributed by atoms with Crippen molar-refractivity contribution in [1.82, 2.24) is 9.97 Å². The fourth-order valence-electron chi connectivity index (χ4n) is 3.10. The van der Waals surface area contributed by atoms with Crippen LogP contribution in [0.15, 0.2) is 42.7 Å². The van der Waals surface area contributed by atoms with Crippen molar-refractivity contribution < 1.29 is 23.8 Å². The molecule has 0 radical (unpaired) electrons. The molecule has 1 unspecified atom stereocenters. The normalized spacial score (nSPS) is 11.9. The Morgan fingerprint density at radius 2 is 1.97 bits per heavy atom. The highest BCUT2D eigenvalue weighted by atomic mass is 19.1. The van der Waals surface area contributed by atoms with Crippen molar-refractivity contribution >= 4 is 23.3 Å². The van der Waals surface area contributed by atoms with Crippen molar-refractivity contribution in [1.29, 1.82) is 0 Å². The Hall–Kier alpha value is -3.35. The molecule has 0 aliphatic rings. The molecule has 1 aromatic carbocycles. The molecule has 0 amide bonds. The monoisotopic (exact) mass is 396 g/mol. The van der Waals surface area contributed by atoms with E-state index in [1.807, 2.05) is 6.92 Å². The first-order valence-electron chi connectivity index (χ1n) is 9.37. The van der Waals surface area contributed by atoms with E-state index in [0.29, 0.717) is 24.8 Å². The van der Waals surface area contributed by atoms with Crippen LogP contribution in [-0.4, -0.2) is 33.4 Å². The van der Waals surface area contributed by atoms with Gasteiger partial charge in [0.1, 0.15) is 11.3 Å². The second-order valence-corrected chi connectivity index (χ2v) is 6.76. The molecule has 7 heteroatoms. The van der Waals surface area contributed by atoms with Gasteiger partial charge in [-0.15, -0.1) is 0 Å². The number of nitrogens with zero attached hydrogens (tertiary/aromatic N) is 2. The van der Waals surface area contributed by atoms with E-state index in [4.69, 9.17) is 4.74 Å². The number of hydrogen-bond acceptors (Lipinski definition) is 6. The summed E-state index contributed by atoms with van der Waals surface area (Å²) in [5.74, 6) is -1.09. The zero-order valence-corrected chi connectivity index (χ0v) is 16.0. The third-order valence-corrected chi connectivity index (χ3v) is 4.66. The number of benzene rings is 1. The van der Waals surface area contributed by atoms with Gasteiger partial charge in [-0.3, -0.25) is 19.6 Å². The average Bonchev–Trinajstić information content (AvgIpc) is 2.72. The van der Waals surface area contributed by atoms with Gasteiger partial charge in [-0.25, -0.2) is 4.39 Å². The van der Waals surface area contributed by atoms with E-state index in [2.05, 4.69) is 9.97 Å². The zero-order chi connectivity index (χ0) is 20.8. The predicted octanol–water partition coefficient (Wildman–Crippen LogP) is 3.98. The Labute approximate surface area is 167 Å². The molecule has 3 rings (SSSR count). The van der Waals surface area contributed by atoms with Crippen LogP contribution in [0.4, 0.5) is 4.39 Å². The Kier molecular flexibility index (Phi) is 6.49. The van der Waals surface area contributed by atoms with Gasteiger partial charge in [-0.1, -0.05) is 25.5 Å². The topological polar surface area (TPSA) is 89.4 Å². The molecule has 0 aliphatic heterocycles. The molecule has 2 heterocycles. The van der Waals surface area contributed by atoms with Crippen LogP contribution >= 0.6 is 0 Å². The van der Waals surface area contributed by atoms with Crippen molar-refractivity contribution in [3.63, 3.8) is 0 Å². The molecular weight excluding hydrogens is 375 g/mol. The van der Waals surface area contributed by atoms with Crippen molar-refractivity contribution in [2.75, 3.05) is 0 Å². The van der Waals surface area contributed by atoms with E-state index in [9.17, 15) is 19.1 Å². The van der Waals surface area contributed by atoms with E-state index in [1.165, 1.54) is 18.3 Å². The molecule has 0 spiro atoms. The van der Waals surface area contributed by atoms with Crippen LogP contribution in [0.2, 0.25) is 0 Å². The summed E-state index contributed by atoms with van der Waals surface area (Å²) in [4.78, 5) is 31.9. The lowest BCUT2D eigenvalue weighted by atomic mass is 10.0. The van der Waals surface area contributed by atoms with Gasteiger partial charge in [-0.05, 0) is 48.6 Å². The molecule has 0 saturated heterocycles. The summed E-state index contributed by atoms with van der Waals surface area (Å²) in [6.45, 7) is 2.20. The van der Waals surface area contributed by atoms with Crippen LogP contribution in [0.1, 0.15) is 47.7 Å². The lowest BCUT2D eigenvalue weighted by molar-refractivity contribution is -0.132. The van der Waals surface area contributed by atoms with E-state index in [1.54, 1.807) is 24.4 Å². The van der Waals surface area contributed by atoms with Gasteiger partial charge in [-0.2, -0.15) is 0 Å². The Bertz CT molecular complexity index is 1020. The number of ether oxygens (including phenoxy) is 1. The second-order valence-electron chi connectivity index (χ2n) is 6.76. The summed E-state index contributed by atoms with van der Waals surface area (Å²) >= 11 is 0. The number of hydrogen-bond donors (Lipinski definition) is 1. The molecule has 0 aliphatic carbocycles. The second kappa shape index (κ2) is 9.23. The molecule has 6 nitrogen and oxygen atoms in total. The number of aromatic hydroxyl groups is 1. The zero-order valence-electron chi connectivity index (χ0n) is 16.0. The van der Waals surface area contributed by atoms with Crippen LogP contribution < -0.4 is 0 Å². The standard InChI is InChI=1S/C22H21FN2O4/c1-2-3-4-19(29-13-26)21(27)17-12-24-18-10-15(11-25-20(18)22(17)28)9-14-5-7-16(23)8-6-14/h5-8,10-13,19H,2-4,9H2,1H3,(H,24,28). The predicted molar refractivity (Wildman–Crippen MR) is 105 cm³/mol. The number of fused-ring (bicyclic) bond motifs is 1. The van der Waals surface area contributed by atoms with E-state index < -0.39 is 11.9 Å². The van der Waals surface area contributed by atoms with E-state index in [-0.39, 0.29) is 29.1 Å². The summed E-state index contributed by atoms with van der Waals surface area (Å²) in [5, 5.41) is 10.6. The summed E-state index contributed by atoms with van der Waals surface area (Å²) in [5.41, 5.74) is 2.34. The fourth-order valence-corrected chi connectivity index (χ4v) is 3.10. The summed E-state index contributed by atoms with van der Waals surface area (Å²) < 4.78 is 18.0. The van der Waals surface area contributed by atoms with Crippen molar-refractivity contribution in [2.24, 2.45) is 0 Å². The quantitative estimate of drug-likeness (QED) is 0.435. The lowest BCUT2D eigenvalue weighted by Gasteiger charge is -2.15.